The van der Waals surface area contributed by atoms with Gasteiger partial charge in [0.05, 0.1) is 0 Å². The summed E-state index contributed by atoms with van der Waals surface area (Å²) in [6, 6.07) is 0. The van der Waals surface area contributed by atoms with Gasteiger partial charge in [-0.25, -0.2) is 0 Å². The lowest BCUT2D eigenvalue weighted by Crippen LogP contribution is -2.23. The van der Waals surface area contributed by atoms with E-state index in [0.717, 1.165) is 26.2 Å². The topological polar surface area (TPSA) is 35.2 Å². The van der Waals surface area contributed by atoms with Gasteiger partial charge in [-0.15, -0.1) is 0 Å². The van der Waals surface area contributed by atoms with Crippen LogP contribution in [0.3, 0.4) is 0 Å². The summed E-state index contributed by atoms with van der Waals surface area (Å²) in [6.07, 6.45) is 7.46. The second-order valence-corrected chi connectivity index (χ2v) is 5.14. The van der Waals surface area contributed by atoms with Gasteiger partial charge in [0.15, 0.2) is 0 Å². The fourth-order valence-electron chi connectivity index (χ4n) is 1.49. The number of hydrogen-bond donors (Lipinski definition) is 1. The van der Waals surface area contributed by atoms with Crippen LogP contribution in [-0.4, -0.2) is 19.8 Å². The molecule has 2 heteroatoms. The highest BCUT2D eigenvalue weighted by Gasteiger charge is 2.14. The van der Waals surface area contributed by atoms with Crippen molar-refractivity contribution in [2.24, 2.45) is 11.1 Å². The van der Waals surface area contributed by atoms with E-state index in [0.29, 0.717) is 0 Å². The van der Waals surface area contributed by atoms with E-state index >= 15 is 0 Å². The van der Waals surface area contributed by atoms with Gasteiger partial charge in [0.25, 0.3) is 0 Å². The van der Waals surface area contributed by atoms with Crippen molar-refractivity contribution in [2.45, 2.75) is 59.3 Å². The van der Waals surface area contributed by atoms with E-state index < -0.39 is 0 Å². The molecule has 0 aromatic heterocycles. The molecule has 0 atom stereocenters. The van der Waals surface area contributed by atoms with Crippen LogP contribution in [0.1, 0.15) is 59.3 Å². The third-order valence-electron chi connectivity index (χ3n) is 2.84. The summed E-state index contributed by atoms with van der Waals surface area (Å²) in [7, 11) is 0. The van der Waals surface area contributed by atoms with Gasteiger partial charge in [0, 0.05) is 13.2 Å². The van der Waals surface area contributed by atoms with E-state index in [1.807, 2.05) is 0 Å². The summed E-state index contributed by atoms with van der Waals surface area (Å²) in [5.41, 5.74) is 5.94. The van der Waals surface area contributed by atoms with E-state index in [9.17, 15) is 0 Å². The lowest BCUT2D eigenvalue weighted by molar-refractivity contribution is 0.118. The Morgan fingerprint density at radius 1 is 1.00 bits per heavy atom. The molecule has 0 saturated carbocycles. The molecular formula is C13H29NO. The summed E-state index contributed by atoms with van der Waals surface area (Å²) < 4.78 is 5.58. The van der Waals surface area contributed by atoms with Gasteiger partial charge in [-0.1, -0.05) is 40.0 Å². The first-order valence-electron chi connectivity index (χ1n) is 6.40. The van der Waals surface area contributed by atoms with Crippen molar-refractivity contribution in [2.75, 3.05) is 19.8 Å². The van der Waals surface area contributed by atoms with Crippen LogP contribution in [0.25, 0.3) is 0 Å². The fraction of sp³-hybridized carbons (Fsp3) is 1.00. The standard InChI is InChI=1S/C13H29NO/c1-4-5-6-7-10-15-11-8-9-13(2,3)12-14/h4-12,14H2,1-3H3. The number of rotatable bonds is 10. The van der Waals surface area contributed by atoms with Gasteiger partial charge in [-0.05, 0) is 31.2 Å². The number of nitrogens with two attached hydrogens (primary N) is 1. The van der Waals surface area contributed by atoms with Gasteiger partial charge in [-0.3, -0.25) is 0 Å². The van der Waals surface area contributed by atoms with Crippen molar-refractivity contribution in [3.63, 3.8) is 0 Å². The molecule has 0 saturated heterocycles. The summed E-state index contributed by atoms with van der Waals surface area (Å²) in [4.78, 5) is 0. The first-order chi connectivity index (χ1) is 7.12. The SMILES string of the molecule is CCCCCCOCCCC(C)(C)CN. The zero-order valence-electron chi connectivity index (χ0n) is 10.8. The van der Waals surface area contributed by atoms with Crippen LogP contribution >= 0.6 is 0 Å². The molecular weight excluding hydrogens is 186 g/mol. The van der Waals surface area contributed by atoms with Crippen LogP contribution in [0.15, 0.2) is 0 Å². The lowest BCUT2D eigenvalue weighted by Gasteiger charge is -2.21. The molecule has 0 unspecified atom stereocenters. The molecule has 0 amide bonds. The molecule has 2 N–H and O–H groups in total. The number of ether oxygens (including phenoxy) is 1. The normalized spacial score (nSPS) is 12.0. The van der Waals surface area contributed by atoms with Crippen LogP contribution < -0.4 is 5.73 Å². The highest BCUT2D eigenvalue weighted by Crippen LogP contribution is 2.19. The Kier molecular flexibility index (Phi) is 9.12. The van der Waals surface area contributed by atoms with Crippen molar-refractivity contribution in [3.8, 4) is 0 Å². The number of unbranched alkanes of at least 4 members (excludes halogenated alkanes) is 3. The van der Waals surface area contributed by atoms with Crippen LogP contribution in [0.5, 0.6) is 0 Å². The predicted molar refractivity (Wildman–Crippen MR) is 67.0 cm³/mol. The Labute approximate surface area is 95.6 Å². The molecule has 0 heterocycles. The minimum absolute atomic E-state index is 0.283. The quantitative estimate of drug-likeness (QED) is 0.567. The summed E-state index contributed by atoms with van der Waals surface area (Å²) >= 11 is 0. The highest BCUT2D eigenvalue weighted by atomic mass is 16.5. The van der Waals surface area contributed by atoms with Gasteiger partial charge < -0.3 is 10.5 Å². The molecule has 0 spiro atoms. The average molecular weight is 215 g/mol. The average Bonchev–Trinajstić information content (AvgIpc) is 2.22. The van der Waals surface area contributed by atoms with E-state index in [1.54, 1.807) is 0 Å². The summed E-state index contributed by atoms with van der Waals surface area (Å²) in [6.45, 7) is 9.26. The van der Waals surface area contributed by atoms with Gasteiger partial charge >= 0.3 is 0 Å². The molecule has 0 bridgehead atoms. The van der Waals surface area contributed by atoms with Gasteiger partial charge in [-0.2, -0.15) is 0 Å². The first kappa shape index (κ1) is 14.9. The van der Waals surface area contributed by atoms with Crippen molar-refractivity contribution in [1.82, 2.24) is 0 Å². The Morgan fingerprint density at radius 3 is 2.27 bits per heavy atom. The first-order valence-corrected chi connectivity index (χ1v) is 6.40. The van der Waals surface area contributed by atoms with Crippen LogP contribution in [0.4, 0.5) is 0 Å². The minimum atomic E-state index is 0.283. The second kappa shape index (κ2) is 9.17. The minimum Gasteiger partial charge on any atom is -0.381 e. The molecule has 2 nitrogen and oxygen atoms in total. The van der Waals surface area contributed by atoms with Gasteiger partial charge in [0.1, 0.15) is 0 Å². The zero-order valence-corrected chi connectivity index (χ0v) is 10.8. The molecule has 92 valence electrons. The van der Waals surface area contributed by atoms with E-state index in [1.165, 1.54) is 32.1 Å². The lowest BCUT2D eigenvalue weighted by atomic mass is 9.88. The fourth-order valence-corrected chi connectivity index (χ4v) is 1.49. The van der Waals surface area contributed by atoms with Crippen molar-refractivity contribution >= 4 is 0 Å². The molecule has 0 aliphatic heterocycles. The maximum Gasteiger partial charge on any atom is 0.0466 e. The molecule has 0 fully saturated rings. The predicted octanol–water partition coefficient (Wildman–Crippen LogP) is 3.35. The largest absolute Gasteiger partial charge is 0.381 e. The summed E-state index contributed by atoms with van der Waals surface area (Å²) in [5, 5.41) is 0. The second-order valence-electron chi connectivity index (χ2n) is 5.14. The number of hydrogen-bond acceptors (Lipinski definition) is 2. The molecule has 0 aliphatic carbocycles. The monoisotopic (exact) mass is 215 g/mol. The Balaban J connectivity index is 3.11. The third-order valence-corrected chi connectivity index (χ3v) is 2.84. The molecule has 15 heavy (non-hydrogen) atoms. The van der Waals surface area contributed by atoms with Crippen molar-refractivity contribution in [3.05, 3.63) is 0 Å². The van der Waals surface area contributed by atoms with E-state index in [4.69, 9.17) is 10.5 Å². The van der Waals surface area contributed by atoms with Crippen LogP contribution in [0, 0.1) is 5.41 Å². The van der Waals surface area contributed by atoms with Crippen LogP contribution in [0.2, 0.25) is 0 Å². The molecule has 0 rings (SSSR count). The molecule has 0 aliphatic rings. The Hall–Kier alpha value is -0.0800. The summed E-state index contributed by atoms with van der Waals surface area (Å²) in [5.74, 6) is 0. The zero-order chi connectivity index (χ0) is 11.6. The molecule has 0 aromatic rings. The van der Waals surface area contributed by atoms with E-state index in [-0.39, 0.29) is 5.41 Å². The van der Waals surface area contributed by atoms with Crippen LogP contribution in [-0.2, 0) is 4.74 Å². The Bertz CT molecular complexity index is 134. The van der Waals surface area contributed by atoms with Crippen molar-refractivity contribution < 1.29 is 4.74 Å². The van der Waals surface area contributed by atoms with E-state index in [2.05, 4.69) is 20.8 Å². The van der Waals surface area contributed by atoms with Gasteiger partial charge in [0.2, 0.25) is 0 Å². The Morgan fingerprint density at radius 2 is 1.67 bits per heavy atom. The maximum absolute atomic E-state index is 5.66. The van der Waals surface area contributed by atoms with Crippen molar-refractivity contribution in [1.29, 1.82) is 0 Å². The molecule has 0 aromatic carbocycles. The highest BCUT2D eigenvalue weighted by molar-refractivity contribution is 4.68. The maximum atomic E-state index is 5.66. The smallest absolute Gasteiger partial charge is 0.0466 e. The molecule has 0 radical (unpaired) electrons. The third kappa shape index (κ3) is 10.2.